The summed E-state index contributed by atoms with van der Waals surface area (Å²) in [6.07, 6.45) is 4.93. The molecule has 50 heavy (non-hydrogen) atoms. The molecule has 2 aromatic heterocycles. The van der Waals surface area contributed by atoms with Crippen LogP contribution in [0.25, 0.3) is 0 Å². The Bertz CT molecular complexity index is 1410. The second-order valence-corrected chi connectivity index (χ2v) is 10.9. The smallest absolute Gasteiger partial charge is 0.417 e. The standard InChI is InChI=1S/C22H21BO3.2C8H11NO2S/c24-23(25)26-18-10-17-22(19-11-4-1-5-12-19,20-13-6-2-7-14-20)21-15-8-3-9-16-21;2*1-2-11-9-6-4-3-5-8(9)10-7-12/h1-9,11-16H,10,17-18H2;2*3-6H,2,7H2,1H3/q-2;;/p+2. The van der Waals surface area contributed by atoms with E-state index in [2.05, 4.69) is 61.7 Å². The molecule has 0 aliphatic rings. The Kier molecular flexibility index (Phi) is 18.7. The van der Waals surface area contributed by atoms with Gasteiger partial charge in [-0.25, -0.2) is 0 Å². The van der Waals surface area contributed by atoms with Gasteiger partial charge in [-0.2, -0.15) is 0 Å². The average Bonchev–Trinajstić information content (AvgIpc) is 3.15. The van der Waals surface area contributed by atoms with Gasteiger partial charge in [0.1, 0.15) is 11.9 Å². The Hall–Kier alpha value is -4.20. The molecule has 0 aliphatic carbocycles. The van der Waals surface area contributed by atoms with Crippen LogP contribution in [-0.2, 0) is 10.1 Å². The zero-order valence-corrected chi connectivity index (χ0v) is 30.2. The summed E-state index contributed by atoms with van der Waals surface area (Å²) in [5.74, 6) is 2.01. The van der Waals surface area contributed by atoms with Crippen molar-refractivity contribution >= 4 is 32.6 Å². The molecular formula is C38H45BN2O7S2. The number of nitrogens with zero attached hydrogens (tertiary/aromatic N) is 2. The molecule has 3 aromatic carbocycles. The highest BCUT2D eigenvalue weighted by Crippen LogP contribution is 2.42. The van der Waals surface area contributed by atoms with E-state index < -0.39 is 7.32 Å². The second-order valence-electron chi connectivity index (χ2n) is 10.4. The first kappa shape index (κ1) is 40.2. The van der Waals surface area contributed by atoms with Crippen LogP contribution in [0.2, 0.25) is 0 Å². The van der Waals surface area contributed by atoms with Crippen LogP contribution in [-0.4, -0.2) is 39.0 Å². The molecule has 264 valence electrons. The third kappa shape index (κ3) is 12.6. The van der Waals surface area contributed by atoms with Gasteiger partial charge in [-0.05, 0) is 55.5 Å². The van der Waals surface area contributed by atoms with Gasteiger partial charge in [-0.1, -0.05) is 91.0 Å². The van der Waals surface area contributed by atoms with E-state index in [9.17, 15) is 10.0 Å². The van der Waals surface area contributed by atoms with Gasteiger partial charge in [0.2, 0.25) is 12.4 Å². The number of aromatic nitrogens is 2. The first-order valence-corrected chi connectivity index (χ1v) is 17.6. The highest BCUT2D eigenvalue weighted by molar-refractivity contribution is 7.80. The first-order valence-electron chi connectivity index (χ1n) is 16.3. The lowest BCUT2D eigenvalue weighted by atomic mass is 9.67. The Morgan fingerprint density at radius 2 is 0.960 bits per heavy atom. The molecule has 0 fully saturated rings. The van der Waals surface area contributed by atoms with Crippen LogP contribution in [0.15, 0.2) is 140 Å². The van der Waals surface area contributed by atoms with Gasteiger partial charge in [0, 0.05) is 33.6 Å². The maximum atomic E-state index is 10.7. The van der Waals surface area contributed by atoms with Gasteiger partial charge in [-0.3, -0.25) is 9.68 Å². The predicted molar refractivity (Wildman–Crippen MR) is 197 cm³/mol. The molecule has 0 saturated heterocycles. The topological polar surface area (TPSA) is 100 Å². The van der Waals surface area contributed by atoms with Crippen molar-refractivity contribution in [3.63, 3.8) is 0 Å². The molecule has 0 radical (unpaired) electrons. The minimum absolute atomic E-state index is 0.159. The minimum Gasteiger partial charge on any atom is -0.871 e. The molecule has 0 atom stereocenters. The van der Waals surface area contributed by atoms with Crippen LogP contribution in [0, 0.1) is 0 Å². The van der Waals surface area contributed by atoms with E-state index in [0.29, 0.717) is 43.3 Å². The van der Waals surface area contributed by atoms with E-state index in [1.807, 2.05) is 105 Å². The van der Waals surface area contributed by atoms with Crippen LogP contribution in [0.4, 0.5) is 0 Å². The van der Waals surface area contributed by atoms with Crippen molar-refractivity contribution in [2.75, 3.05) is 31.7 Å². The number of hydrogen-bond acceptors (Lipinski definition) is 9. The fourth-order valence-corrected chi connectivity index (χ4v) is 5.55. The summed E-state index contributed by atoms with van der Waals surface area (Å²) in [6, 6.07) is 42.2. The number of rotatable bonds is 16. The van der Waals surface area contributed by atoms with E-state index in [1.54, 1.807) is 21.9 Å². The zero-order chi connectivity index (χ0) is 35.9. The first-order chi connectivity index (χ1) is 24.5. The summed E-state index contributed by atoms with van der Waals surface area (Å²) < 4.78 is 18.3. The van der Waals surface area contributed by atoms with Crippen molar-refractivity contribution in [2.45, 2.75) is 32.1 Å². The lowest BCUT2D eigenvalue weighted by Gasteiger charge is -2.37. The zero-order valence-electron chi connectivity index (χ0n) is 28.5. The number of hydrogen-bond donors (Lipinski definition) is 2. The van der Waals surface area contributed by atoms with Crippen LogP contribution in [0.1, 0.15) is 43.4 Å². The van der Waals surface area contributed by atoms with Crippen molar-refractivity contribution in [3.8, 4) is 11.8 Å². The van der Waals surface area contributed by atoms with Crippen LogP contribution in [0.5, 0.6) is 11.8 Å². The van der Waals surface area contributed by atoms with E-state index in [0.717, 1.165) is 6.42 Å². The Morgan fingerprint density at radius 1 is 0.580 bits per heavy atom. The molecule has 5 rings (SSSR count). The van der Waals surface area contributed by atoms with Gasteiger partial charge in [-0.15, -0.1) is 25.3 Å². The van der Waals surface area contributed by atoms with Crippen LogP contribution >= 0.6 is 25.3 Å². The summed E-state index contributed by atoms with van der Waals surface area (Å²) in [7, 11) is -2.23. The van der Waals surface area contributed by atoms with Crippen molar-refractivity contribution in [3.05, 3.63) is 156 Å². The third-order valence-corrected chi connectivity index (χ3v) is 7.55. The largest absolute Gasteiger partial charge is 0.871 e. The minimum atomic E-state index is -2.23. The molecule has 0 amide bonds. The lowest BCUT2D eigenvalue weighted by Crippen LogP contribution is -2.48. The second kappa shape index (κ2) is 23.3. The molecule has 5 aromatic rings. The van der Waals surface area contributed by atoms with Gasteiger partial charge in [0.25, 0.3) is 0 Å². The molecule has 9 nitrogen and oxygen atoms in total. The highest BCUT2D eigenvalue weighted by atomic mass is 32.1. The van der Waals surface area contributed by atoms with Crippen LogP contribution in [0.3, 0.4) is 0 Å². The molecule has 12 heteroatoms. The molecular weight excluding hydrogens is 671 g/mol. The van der Waals surface area contributed by atoms with Crippen molar-refractivity contribution in [1.82, 2.24) is 0 Å². The van der Waals surface area contributed by atoms with Gasteiger partial charge in [0.05, 0.1) is 19.5 Å². The number of pyridine rings is 2. The van der Waals surface area contributed by atoms with E-state index in [-0.39, 0.29) is 12.0 Å². The number of thiol groups is 2. The maximum absolute atomic E-state index is 10.7. The Labute approximate surface area is 306 Å². The predicted octanol–water partition coefficient (Wildman–Crippen LogP) is 3.90. The average molecular weight is 717 g/mol. The summed E-state index contributed by atoms with van der Waals surface area (Å²) >= 11 is 7.91. The van der Waals surface area contributed by atoms with Crippen molar-refractivity contribution < 1.29 is 43.3 Å². The quantitative estimate of drug-likeness (QED) is 0.0400. The lowest BCUT2D eigenvalue weighted by molar-refractivity contribution is -0.892. The van der Waals surface area contributed by atoms with Crippen LogP contribution < -0.4 is 38.7 Å². The van der Waals surface area contributed by atoms with Gasteiger partial charge in [0.15, 0.2) is 13.2 Å². The summed E-state index contributed by atoms with van der Waals surface area (Å²) in [5, 5.41) is 21.4. The Balaban J connectivity index is 0.000000234. The molecule has 0 N–H and O–H groups in total. The van der Waals surface area contributed by atoms with Crippen molar-refractivity contribution in [1.29, 1.82) is 0 Å². The van der Waals surface area contributed by atoms with Gasteiger partial charge < -0.3 is 24.2 Å². The normalized spacial score (nSPS) is 10.4. The third-order valence-electron chi connectivity index (χ3n) is 7.29. The molecule has 0 aliphatic heterocycles. The fraction of sp³-hybridized carbons (Fsp3) is 0.263. The monoisotopic (exact) mass is 716 g/mol. The highest BCUT2D eigenvalue weighted by Gasteiger charge is 2.35. The van der Waals surface area contributed by atoms with Gasteiger partial charge >= 0.3 is 11.8 Å². The number of benzene rings is 3. The van der Waals surface area contributed by atoms with E-state index in [1.165, 1.54) is 16.7 Å². The summed E-state index contributed by atoms with van der Waals surface area (Å²) in [5.41, 5.74) is 3.17. The van der Waals surface area contributed by atoms with E-state index >= 15 is 0 Å². The molecule has 0 unspecified atom stereocenters. The molecule has 0 bridgehead atoms. The summed E-state index contributed by atoms with van der Waals surface area (Å²) in [4.78, 5) is 10.5. The molecule has 0 spiro atoms. The van der Waals surface area contributed by atoms with Crippen molar-refractivity contribution in [2.24, 2.45) is 0 Å². The summed E-state index contributed by atoms with van der Waals surface area (Å²) in [6.45, 7) is 5.22. The molecule has 2 heterocycles. The SMILES string of the molecule is CCO[n+]1ccccc1OCS.CCO[n+]1ccccc1OCS.[O-]B([O-])OCCCC(c1ccccc1)(c1ccccc1)c1ccccc1. The maximum Gasteiger partial charge on any atom is 0.417 e. The fourth-order valence-electron chi connectivity index (χ4n) is 5.29. The van der Waals surface area contributed by atoms with E-state index in [4.69, 9.17) is 23.8 Å². The Morgan fingerprint density at radius 3 is 1.30 bits per heavy atom. The number of ether oxygens (including phenoxy) is 2. The molecule has 0 saturated carbocycles.